The molecule has 1 aromatic heterocycles. The van der Waals surface area contributed by atoms with Crippen molar-refractivity contribution < 1.29 is 22.6 Å². The highest BCUT2D eigenvalue weighted by Gasteiger charge is 2.36. The van der Waals surface area contributed by atoms with E-state index in [4.69, 9.17) is 9.47 Å². The first-order chi connectivity index (χ1) is 13.0. The number of rotatable bonds is 6. The second-order valence-electron chi connectivity index (χ2n) is 5.38. The minimum Gasteiger partial charge on any atom is -0.492 e. The highest BCUT2D eigenvalue weighted by molar-refractivity contribution is 5.62. The minimum atomic E-state index is -4.65. The van der Waals surface area contributed by atoms with Crippen molar-refractivity contribution in [3.8, 4) is 17.4 Å². The van der Waals surface area contributed by atoms with E-state index in [1.807, 2.05) is 6.92 Å². The molecule has 0 bridgehead atoms. The first-order valence-corrected chi connectivity index (χ1v) is 8.13. The van der Waals surface area contributed by atoms with Gasteiger partial charge in [-0.15, -0.1) is 0 Å². The van der Waals surface area contributed by atoms with Crippen molar-refractivity contribution >= 4 is 11.6 Å². The van der Waals surface area contributed by atoms with E-state index in [-0.39, 0.29) is 11.7 Å². The van der Waals surface area contributed by atoms with Crippen LogP contribution in [0.5, 0.6) is 17.4 Å². The van der Waals surface area contributed by atoms with Crippen molar-refractivity contribution in [2.45, 2.75) is 13.1 Å². The van der Waals surface area contributed by atoms with Crippen LogP contribution in [0.1, 0.15) is 12.5 Å². The molecule has 0 radical (unpaired) electrons. The molecule has 0 atom stereocenters. The van der Waals surface area contributed by atoms with Gasteiger partial charge in [-0.05, 0) is 31.2 Å². The van der Waals surface area contributed by atoms with Gasteiger partial charge in [0.1, 0.15) is 17.1 Å². The summed E-state index contributed by atoms with van der Waals surface area (Å²) in [5, 5.41) is 2.87. The van der Waals surface area contributed by atoms with Gasteiger partial charge in [-0.2, -0.15) is 18.2 Å². The van der Waals surface area contributed by atoms with Crippen LogP contribution in [0.15, 0.2) is 60.8 Å². The predicted molar refractivity (Wildman–Crippen MR) is 94.4 cm³/mol. The summed E-state index contributed by atoms with van der Waals surface area (Å²) in [6.07, 6.45) is -3.96. The van der Waals surface area contributed by atoms with Gasteiger partial charge in [0.2, 0.25) is 11.8 Å². The third kappa shape index (κ3) is 4.66. The standard InChI is InChI=1S/C19H16F3N3O2/c1-2-26-16-11-7-6-10-15(16)24-18-23-12-14(19(20,21)22)17(25-18)27-13-8-4-3-5-9-13/h3-12H,2H2,1H3,(H,23,24,25). The second-order valence-corrected chi connectivity index (χ2v) is 5.38. The SMILES string of the molecule is CCOc1ccccc1Nc1ncc(C(F)(F)F)c(Oc2ccccc2)n1. The Morgan fingerprint density at radius 2 is 1.70 bits per heavy atom. The van der Waals surface area contributed by atoms with Crippen molar-refractivity contribution in [1.29, 1.82) is 0 Å². The Labute approximate surface area is 153 Å². The number of para-hydroxylation sites is 3. The number of hydrogen-bond acceptors (Lipinski definition) is 5. The first-order valence-electron chi connectivity index (χ1n) is 8.13. The van der Waals surface area contributed by atoms with Crippen LogP contribution in [0, 0.1) is 0 Å². The van der Waals surface area contributed by atoms with Gasteiger partial charge in [0, 0.05) is 6.20 Å². The van der Waals surface area contributed by atoms with Crippen LogP contribution < -0.4 is 14.8 Å². The number of aromatic nitrogens is 2. The maximum Gasteiger partial charge on any atom is 0.423 e. The highest BCUT2D eigenvalue weighted by atomic mass is 19.4. The number of nitrogens with one attached hydrogen (secondary N) is 1. The summed E-state index contributed by atoms with van der Waals surface area (Å²) >= 11 is 0. The number of benzene rings is 2. The van der Waals surface area contributed by atoms with Gasteiger partial charge < -0.3 is 14.8 Å². The summed E-state index contributed by atoms with van der Waals surface area (Å²) in [5.41, 5.74) is -0.528. The Balaban J connectivity index is 1.95. The van der Waals surface area contributed by atoms with Gasteiger partial charge in [0.15, 0.2) is 0 Å². The summed E-state index contributed by atoms with van der Waals surface area (Å²) in [5.74, 6) is 0.151. The number of anilines is 2. The molecule has 0 saturated heterocycles. The molecule has 3 aromatic rings. The minimum absolute atomic E-state index is 0.0407. The Morgan fingerprint density at radius 1 is 1.00 bits per heavy atom. The van der Waals surface area contributed by atoms with Crippen LogP contribution in [0.2, 0.25) is 0 Å². The smallest absolute Gasteiger partial charge is 0.423 e. The quantitative estimate of drug-likeness (QED) is 0.623. The molecule has 0 amide bonds. The lowest BCUT2D eigenvalue weighted by atomic mass is 10.3. The summed E-state index contributed by atoms with van der Waals surface area (Å²) in [6.45, 7) is 2.27. The number of nitrogens with zero attached hydrogens (tertiary/aromatic N) is 2. The Kier molecular flexibility index (Phi) is 5.44. The number of alkyl halides is 3. The van der Waals surface area contributed by atoms with Crippen LogP contribution >= 0.6 is 0 Å². The monoisotopic (exact) mass is 375 g/mol. The molecule has 0 spiro atoms. The normalized spacial score (nSPS) is 11.1. The fraction of sp³-hybridized carbons (Fsp3) is 0.158. The second kappa shape index (κ2) is 7.94. The Bertz CT molecular complexity index is 902. The molecular formula is C19H16F3N3O2. The average Bonchev–Trinajstić information content (AvgIpc) is 2.64. The van der Waals surface area contributed by atoms with Crippen molar-refractivity contribution in [2.24, 2.45) is 0 Å². The molecule has 0 unspecified atom stereocenters. The molecule has 0 saturated carbocycles. The molecule has 0 aliphatic rings. The topological polar surface area (TPSA) is 56.3 Å². The van der Waals surface area contributed by atoms with Gasteiger partial charge in [0.25, 0.3) is 0 Å². The van der Waals surface area contributed by atoms with Crippen LogP contribution in [-0.4, -0.2) is 16.6 Å². The molecule has 5 nitrogen and oxygen atoms in total. The Hall–Kier alpha value is -3.29. The van der Waals surface area contributed by atoms with Crippen LogP contribution in [0.25, 0.3) is 0 Å². The van der Waals surface area contributed by atoms with Gasteiger partial charge in [-0.1, -0.05) is 30.3 Å². The molecule has 0 aliphatic heterocycles. The zero-order chi connectivity index (χ0) is 19.3. The summed E-state index contributed by atoms with van der Waals surface area (Å²) < 4.78 is 50.7. The third-order valence-corrected chi connectivity index (χ3v) is 3.45. The molecule has 0 fully saturated rings. The molecule has 140 valence electrons. The van der Waals surface area contributed by atoms with Crippen molar-refractivity contribution in [3.05, 3.63) is 66.4 Å². The molecule has 2 aromatic carbocycles. The fourth-order valence-electron chi connectivity index (χ4n) is 2.27. The van der Waals surface area contributed by atoms with Crippen molar-refractivity contribution in [3.63, 3.8) is 0 Å². The maximum absolute atomic E-state index is 13.3. The number of ether oxygens (including phenoxy) is 2. The largest absolute Gasteiger partial charge is 0.492 e. The molecule has 3 rings (SSSR count). The lowest BCUT2D eigenvalue weighted by Gasteiger charge is -2.15. The van der Waals surface area contributed by atoms with Crippen LogP contribution in [0.4, 0.5) is 24.8 Å². The van der Waals surface area contributed by atoms with E-state index in [1.165, 1.54) is 0 Å². The fourth-order valence-corrected chi connectivity index (χ4v) is 2.27. The lowest BCUT2D eigenvalue weighted by molar-refractivity contribution is -0.139. The predicted octanol–water partition coefficient (Wildman–Crippen LogP) is 5.43. The van der Waals surface area contributed by atoms with E-state index in [0.29, 0.717) is 24.2 Å². The first kappa shape index (κ1) is 18.5. The Morgan fingerprint density at radius 3 is 2.41 bits per heavy atom. The van der Waals surface area contributed by atoms with E-state index in [0.717, 1.165) is 0 Å². The van der Waals surface area contributed by atoms with Crippen LogP contribution in [-0.2, 0) is 6.18 Å². The number of halogens is 3. The number of hydrogen-bond donors (Lipinski definition) is 1. The zero-order valence-corrected chi connectivity index (χ0v) is 14.3. The lowest BCUT2D eigenvalue weighted by Crippen LogP contribution is -2.11. The molecule has 1 N–H and O–H groups in total. The summed E-state index contributed by atoms with van der Waals surface area (Å²) in [4.78, 5) is 7.68. The van der Waals surface area contributed by atoms with Gasteiger partial charge >= 0.3 is 6.18 Å². The van der Waals surface area contributed by atoms with Gasteiger partial charge in [0.05, 0.1) is 12.3 Å². The maximum atomic E-state index is 13.3. The van der Waals surface area contributed by atoms with E-state index in [9.17, 15) is 13.2 Å². The molecule has 1 heterocycles. The van der Waals surface area contributed by atoms with Gasteiger partial charge in [-0.3, -0.25) is 0 Å². The van der Waals surface area contributed by atoms with E-state index >= 15 is 0 Å². The van der Waals surface area contributed by atoms with E-state index in [2.05, 4.69) is 15.3 Å². The summed E-state index contributed by atoms with van der Waals surface area (Å²) in [7, 11) is 0. The molecule has 27 heavy (non-hydrogen) atoms. The zero-order valence-electron chi connectivity index (χ0n) is 14.3. The van der Waals surface area contributed by atoms with Gasteiger partial charge in [-0.25, -0.2) is 4.98 Å². The van der Waals surface area contributed by atoms with Crippen molar-refractivity contribution in [1.82, 2.24) is 9.97 Å². The molecular weight excluding hydrogens is 359 g/mol. The van der Waals surface area contributed by atoms with E-state index < -0.39 is 17.6 Å². The van der Waals surface area contributed by atoms with Crippen LogP contribution in [0.3, 0.4) is 0 Å². The highest BCUT2D eigenvalue weighted by Crippen LogP contribution is 2.37. The molecule has 0 aliphatic carbocycles. The van der Waals surface area contributed by atoms with Crippen molar-refractivity contribution in [2.75, 3.05) is 11.9 Å². The van der Waals surface area contributed by atoms with E-state index in [1.54, 1.807) is 54.6 Å². The average molecular weight is 375 g/mol. The third-order valence-electron chi connectivity index (χ3n) is 3.45. The molecule has 8 heteroatoms. The summed E-state index contributed by atoms with van der Waals surface area (Å²) in [6, 6.07) is 15.1.